The van der Waals surface area contributed by atoms with Gasteiger partial charge in [0.05, 0.1) is 0 Å². The van der Waals surface area contributed by atoms with Gasteiger partial charge in [0.2, 0.25) is 5.91 Å². The molecule has 1 amide bonds. The molecule has 1 fully saturated rings. The summed E-state index contributed by atoms with van der Waals surface area (Å²) in [5.74, 6) is 0.0654. The molecule has 108 valence electrons. The molecule has 0 saturated heterocycles. The highest BCUT2D eigenvalue weighted by Crippen LogP contribution is 2.21. The molecule has 0 spiro atoms. The molecule has 3 nitrogen and oxygen atoms in total. The van der Waals surface area contributed by atoms with Crippen LogP contribution in [0.15, 0.2) is 54.6 Å². The van der Waals surface area contributed by atoms with Gasteiger partial charge in [-0.1, -0.05) is 42.5 Å². The minimum atomic E-state index is 0.0654. The number of nitrogens with one attached hydrogen (secondary N) is 2. The molecule has 2 N–H and O–H groups in total. The van der Waals surface area contributed by atoms with Crippen LogP contribution >= 0.6 is 0 Å². The fourth-order valence-corrected chi connectivity index (χ4v) is 2.28. The van der Waals surface area contributed by atoms with Crippen molar-refractivity contribution in [3.05, 3.63) is 54.6 Å². The average Bonchev–Trinajstić information content (AvgIpc) is 3.33. The van der Waals surface area contributed by atoms with Crippen molar-refractivity contribution >= 4 is 11.6 Å². The zero-order valence-corrected chi connectivity index (χ0v) is 12.0. The Morgan fingerprint density at radius 1 is 0.952 bits per heavy atom. The zero-order valence-electron chi connectivity index (χ0n) is 12.0. The first-order chi connectivity index (χ1) is 10.3. The lowest BCUT2D eigenvalue weighted by Crippen LogP contribution is -2.23. The smallest absolute Gasteiger partial charge is 0.225 e. The van der Waals surface area contributed by atoms with E-state index in [1.807, 2.05) is 42.5 Å². The lowest BCUT2D eigenvalue weighted by Gasteiger charge is -2.07. The number of rotatable bonds is 6. The van der Waals surface area contributed by atoms with E-state index in [-0.39, 0.29) is 5.91 Å². The van der Waals surface area contributed by atoms with Crippen molar-refractivity contribution in [2.75, 3.05) is 11.9 Å². The molecule has 2 aromatic carbocycles. The summed E-state index contributed by atoms with van der Waals surface area (Å²) in [5.41, 5.74) is 3.19. The molecule has 0 aromatic heterocycles. The van der Waals surface area contributed by atoms with Crippen molar-refractivity contribution in [1.29, 1.82) is 0 Å². The first-order valence-corrected chi connectivity index (χ1v) is 7.50. The molecular formula is C18H20N2O. The molecule has 3 heteroatoms. The predicted molar refractivity (Wildman–Crippen MR) is 86.1 cm³/mol. The molecular weight excluding hydrogens is 260 g/mol. The summed E-state index contributed by atoms with van der Waals surface area (Å²) in [5, 5.41) is 6.28. The summed E-state index contributed by atoms with van der Waals surface area (Å²) >= 11 is 0. The number of anilines is 1. The highest BCUT2D eigenvalue weighted by atomic mass is 16.1. The van der Waals surface area contributed by atoms with Gasteiger partial charge < -0.3 is 10.6 Å². The van der Waals surface area contributed by atoms with Crippen molar-refractivity contribution in [1.82, 2.24) is 5.32 Å². The Morgan fingerprint density at radius 2 is 1.62 bits per heavy atom. The molecule has 1 aliphatic carbocycles. The fourth-order valence-electron chi connectivity index (χ4n) is 2.28. The summed E-state index contributed by atoms with van der Waals surface area (Å²) in [6, 6.07) is 18.9. The minimum Gasteiger partial charge on any atom is -0.326 e. The predicted octanol–water partition coefficient (Wildman–Crippen LogP) is 3.43. The quantitative estimate of drug-likeness (QED) is 0.851. The number of hydrogen-bond acceptors (Lipinski definition) is 2. The second kappa shape index (κ2) is 6.55. The number of hydrogen-bond donors (Lipinski definition) is 2. The molecule has 21 heavy (non-hydrogen) atoms. The SMILES string of the molecule is O=C(CCNC1CC1)Nc1ccc(-c2ccccc2)cc1. The molecule has 0 atom stereocenters. The Kier molecular flexibility index (Phi) is 4.31. The maximum absolute atomic E-state index is 11.8. The van der Waals surface area contributed by atoms with Crippen molar-refractivity contribution in [2.24, 2.45) is 0 Å². The van der Waals surface area contributed by atoms with Crippen LogP contribution in [-0.2, 0) is 4.79 Å². The maximum Gasteiger partial charge on any atom is 0.225 e. The van der Waals surface area contributed by atoms with E-state index < -0.39 is 0 Å². The third-order valence-corrected chi connectivity index (χ3v) is 3.64. The van der Waals surface area contributed by atoms with Gasteiger partial charge >= 0.3 is 0 Å². The van der Waals surface area contributed by atoms with Gasteiger partial charge in [-0.25, -0.2) is 0 Å². The minimum absolute atomic E-state index is 0.0654. The van der Waals surface area contributed by atoms with Gasteiger partial charge in [-0.05, 0) is 36.1 Å². The van der Waals surface area contributed by atoms with E-state index in [9.17, 15) is 4.79 Å². The first-order valence-electron chi connectivity index (χ1n) is 7.50. The molecule has 0 bridgehead atoms. The van der Waals surface area contributed by atoms with Crippen molar-refractivity contribution in [3.8, 4) is 11.1 Å². The van der Waals surface area contributed by atoms with E-state index in [0.29, 0.717) is 12.5 Å². The summed E-state index contributed by atoms with van der Waals surface area (Å²) in [4.78, 5) is 11.8. The van der Waals surface area contributed by atoms with Crippen LogP contribution in [0.2, 0.25) is 0 Å². The largest absolute Gasteiger partial charge is 0.326 e. The Labute approximate surface area is 125 Å². The van der Waals surface area contributed by atoms with Gasteiger partial charge in [-0.15, -0.1) is 0 Å². The van der Waals surface area contributed by atoms with Crippen LogP contribution in [0.5, 0.6) is 0 Å². The highest BCUT2D eigenvalue weighted by molar-refractivity contribution is 5.91. The highest BCUT2D eigenvalue weighted by Gasteiger charge is 2.20. The van der Waals surface area contributed by atoms with Crippen LogP contribution < -0.4 is 10.6 Å². The Morgan fingerprint density at radius 3 is 2.29 bits per heavy atom. The van der Waals surface area contributed by atoms with Gasteiger partial charge in [-0.2, -0.15) is 0 Å². The normalized spacial score (nSPS) is 13.9. The van der Waals surface area contributed by atoms with Gasteiger partial charge in [0.25, 0.3) is 0 Å². The van der Waals surface area contributed by atoms with Crippen LogP contribution in [-0.4, -0.2) is 18.5 Å². The number of amides is 1. The lowest BCUT2D eigenvalue weighted by atomic mass is 10.1. The molecule has 0 radical (unpaired) electrons. The Balaban J connectivity index is 1.52. The standard InChI is InChI=1S/C18H20N2O/c21-18(12-13-19-16-10-11-16)20-17-8-6-15(7-9-17)14-4-2-1-3-5-14/h1-9,16,19H,10-13H2,(H,20,21). The molecule has 0 aliphatic heterocycles. The Hall–Kier alpha value is -2.13. The van der Waals surface area contributed by atoms with Gasteiger partial charge in [0.1, 0.15) is 0 Å². The van der Waals surface area contributed by atoms with Crippen molar-refractivity contribution in [3.63, 3.8) is 0 Å². The van der Waals surface area contributed by atoms with E-state index in [1.54, 1.807) is 0 Å². The lowest BCUT2D eigenvalue weighted by molar-refractivity contribution is -0.116. The van der Waals surface area contributed by atoms with E-state index in [4.69, 9.17) is 0 Å². The second-order valence-electron chi connectivity index (χ2n) is 5.47. The second-order valence-corrected chi connectivity index (χ2v) is 5.47. The summed E-state index contributed by atoms with van der Waals surface area (Å²) in [7, 11) is 0. The first kappa shape index (κ1) is 13.8. The van der Waals surface area contributed by atoms with E-state index in [1.165, 1.54) is 18.4 Å². The third kappa shape index (κ3) is 4.17. The fraction of sp³-hybridized carbons (Fsp3) is 0.278. The van der Waals surface area contributed by atoms with Crippen LogP contribution in [0.3, 0.4) is 0 Å². The zero-order chi connectivity index (χ0) is 14.5. The van der Waals surface area contributed by atoms with Crippen LogP contribution in [0, 0.1) is 0 Å². The Bertz CT molecular complexity index is 588. The topological polar surface area (TPSA) is 41.1 Å². The average molecular weight is 280 g/mol. The van der Waals surface area contributed by atoms with Crippen molar-refractivity contribution in [2.45, 2.75) is 25.3 Å². The summed E-state index contributed by atoms with van der Waals surface area (Å²) < 4.78 is 0. The number of benzene rings is 2. The van der Waals surface area contributed by atoms with E-state index in [0.717, 1.165) is 17.8 Å². The van der Waals surface area contributed by atoms with Crippen LogP contribution in [0.1, 0.15) is 19.3 Å². The van der Waals surface area contributed by atoms with Gasteiger partial charge in [-0.3, -0.25) is 4.79 Å². The summed E-state index contributed by atoms with van der Waals surface area (Å²) in [6.45, 7) is 0.762. The third-order valence-electron chi connectivity index (χ3n) is 3.64. The van der Waals surface area contributed by atoms with Gasteiger partial charge in [0, 0.05) is 24.7 Å². The molecule has 0 heterocycles. The van der Waals surface area contributed by atoms with Crippen molar-refractivity contribution < 1.29 is 4.79 Å². The number of carbonyl (C=O) groups excluding carboxylic acids is 1. The molecule has 3 rings (SSSR count). The maximum atomic E-state index is 11.8. The van der Waals surface area contributed by atoms with E-state index in [2.05, 4.69) is 22.8 Å². The monoisotopic (exact) mass is 280 g/mol. The van der Waals surface area contributed by atoms with E-state index >= 15 is 0 Å². The molecule has 1 aliphatic rings. The number of carbonyl (C=O) groups is 1. The molecule has 1 saturated carbocycles. The van der Waals surface area contributed by atoms with Crippen LogP contribution in [0.25, 0.3) is 11.1 Å². The van der Waals surface area contributed by atoms with Crippen LogP contribution in [0.4, 0.5) is 5.69 Å². The summed E-state index contributed by atoms with van der Waals surface area (Å²) in [6.07, 6.45) is 3.03. The molecule has 2 aromatic rings. The van der Waals surface area contributed by atoms with Gasteiger partial charge in [0.15, 0.2) is 0 Å². The molecule has 0 unspecified atom stereocenters.